The van der Waals surface area contributed by atoms with Crippen LogP contribution >= 0.6 is 11.6 Å². The van der Waals surface area contributed by atoms with Gasteiger partial charge in [0.05, 0.1) is 5.02 Å². The molecule has 0 unspecified atom stereocenters. The highest BCUT2D eigenvalue weighted by Gasteiger charge is 2.33. The Bertz CT molecular complexity index is 403. The summed E-state index contributed by atoms with van der Waals surface area (Å²) in [6.45, 7) is 0. The number of pyridine rings is 1. The largest absolute Gasteiger partial charge is 0.573 e. The van der Waals surface area contributed by atoms with Crippen LogP contribution in [0.25, 0.3) is 0 Å². The van der Waals surface area contributed by atoms with E-state index in [9.17, 15) is 13.2 Å². The van der Waals surface area contributed by atoms with Crippen molar-refractivity contribution in [2.45, 2.75) is 6.36 Å². The number of hydrogen-bond acceptors (Lipinski definition) is 4. The summed E-state index contributed by atoms with van der Waals surface area (Å²) >= 11 is 5.42. The van der Waals surface area contributed by atoms with Crippen LogP contribution in [0.15, 0.2) is 6.07 Å². The lowest BCUT2D eigenvalue weighted by Crippen LogP contribution is -2.18. The first kappa shape index (κ1) is 11.4. The molecule has 0 aromatic carbocycles. The second-order valence-corrected chi connectivity index (χ2v) is 2.77. The number of nitrogens with two attached hydrogens (primary N) is 1. The second-order valence-electron chi connectivity index (χ2n) is 2.36. The molecule has 1 aromatic rings. The zero-order chi connectivity index (χ0) is 11.6. The van der Waals surface area contributed by atoms with E-state index in [4.69, 9.17) is 22.6 Å². The Balaban J connectivity index is 3.16. The van der Waals surface area contributed by atoms with Gasteiger partial charge in [0.2, 0.25) is 0 Å². The Morgan fingerprint density at radius 1 is 1.53 bits per heavy atom. The molecule has 0 aliphatic heterocycles. The number of rotatable bonds is 1. The van der Waals surface area contributed by atoms with Crippen molar-refractivity contribution in [2.24, 2.45) is 0 Å². The van der Waals surface area contributed by atoms with E-state index in [2.05, 4.69) is 9.72 Å². The van der Waals surface area contributed by atoms with Crippen molar-refractivity contribution in [3.8, 4) is 11.8 Å². The minimum absolute atomic E-state index is 0.188. The molecule has 1 aromatic heterocycles. The minimum atomic E-state index is -4.91. The molecule has 1 rings (SSSR count). The number of alkyl halides is 3. The monoisotopic (exact) mass is 237 g/mol. The average Bonchev–Trinajstić information content (AvgIpc) is 2.09. The fourth-order valence-corrected chi connectivity index (χ4v) is 1.03. The maximum absolute atomic E-state index is 11.9. The number of aromatic nitrogens is 1. The lowest BCUT2D eigenvalue weighted by Gasteiger charge is -2.11. The van der Waals surface area contributed by atoms with Crippen LogP contribution in [0, 0.1) is 11.3 Å². The van der Waals surface area contributed by atoms with Gasteiger partial charge < -0.3 is 10.5 Å². The van der Waals surface area contributed by atoms with Gasteiger partial charge in [0.15, 0.2) is 11.6 Å². The maximum atomic E-state index is 11.9. The first-order valence-corrected chi connectivity index (χ1v) is 3.83. The van der Waals surface area contributed by atoms with Crippen LogP contribution in [0.2, 0.25) is 5.02 Å². The number of ether oxygens (including phenoxy) is 1. The summed E-state index contributed by atoms with van der Waals surface area (Å²) in [6.07, 6.45) is -4.91. The molecule has 0 bridgehead atoms. The normalized spacial score (nSPS) is 10.9. The maximum Gasteiger partial charge on any atom is 0.573 e. The van der Waals surface area contributed by atoms with Crippen molar-refractivity contribution in [2.75, 3.05) is 5.73 Å². The van der Waals surface area contributed by atoms with Gasteiger partial charge in [-0.2, -0.15) is 5.26 Å². The van der Waals surface area contributed by atoms with E-state index in [0.717, 1.165) is 6.07 Å². The molecular weight excluding hydrogens is 235 g/mol. The summed E-state index contributed by atoms with van der Waals surface area (Å²) < 4.78 is 39.1. The molecule has 0 aliphatic carbocycles. The van der Waals surface area contributed by atoms with Crippen LogP contribution in [-0.2, 0) is 0 Å². The number of nitrogens with zero attached hydrogens (tertiary/aromatic N) is 2. The van der Waals surface area contributed by atoms with E-state index in [1.165, 1.54) is 0 Å². The predicted octanol–water partition coefficient (Wildman–Crippen LogP) is 2.09. The van der Waals surface area contributed by atoms with E-state index >= 15 is 0 Å². The van der Waals surface area contributed by atoms with Gasteiger partial charge in [0, 0.05) is 0 Å². The van der Waals surface area contributed by atoms with Crippen LogP contribution < -0.4 is 10.5 Å². The van der Waals surface area contributed by atoms with Crippen molar-refractivity contribution in [3.63, 3.8) is 0 Å². The Labute approximate surface area is 87.0 Å². The second kappa shape index (κ2) is 3.82. The van der Waals surface area contributed by atoms with E-state index in [-0.39, 0.29) is 5.69 Å². The van der Waals surface area contributed by atoms with Crippen molar-refractivity contribution in [1.29, 1.82) is 5.26 Å². The van der Waals surface area contributed by atoms with Crippen LogP contribution in [-0.4, -0.2) is 11.3 Å². The fourth-order valence-electron chi connectivity index (χ4n) is 0.795. The number of nitriles is 1. The first-order chi connectivity index (χ1) is 6.83. The highest BCUT2D eigenvalue weighted by Crippen LogP contribution is 2.34. The van der Waals surface area contributed by atoms with Crippen molar-refractivity contribution in [1.82, 2.24) is 4.98 Å². The summed E-state index contributed by atoms with van der Waals surface area (Å²) in [7, 11) is 0. The summed E-state index contributed by atoms with van der Waals surface area (Å²) in [5.74, 6) is -1.39. The molecule has 8 heteroatoms. The van der Waals surface area contributed by atoms with Gasteiger partial charge in [-0.25, -0.2) is 4.98 Å². The third kappa shape index (κ3) is 2.89. The van der Waals surface area contributed by atoms with Gasteiger partial charge in [0.1, 0.15) is 11.8 Å². The molecule has 15 heavy (non-hydrogen) atoms. The third-order valence-corrected chi connectivity index (χ3v) is 1.57. The van der Waals surface area contributed by atoms with E-state index in [0.29, 0.717) is 0 Å². The quantitative estimate of drug-likeness (QED) is 0.812. The molecule has 4 nitrogen and oxygen atoms in total. The molecule has 1 heterocycles. The number of hydrogen-bond donors (Lipinski definition) is 1. The topological polar surface area (TPSA) is 71.9 Å². The smallest absolute Gasteiger partial charge is 0.400 e. The molecule has 0 fully saturated rings. The Hall–Kier alpha value is -1.68. The molecule has 0 radical (unpaired) electrons. The molecule has 80 valence electrons. The van der Waals surface area contributed by atoms with Crippen LogP contribution in [0.4, 0.5) is 19.0 Å². The van der Waals surface area contributed by atoms with Crippen LogP contribution in [0.1, 0.15) is 5.69 Å². The summed E-state index contributed by atoms with van der Waals surface area (Å²) in [4.78, 5) is 3.34. The van der Waals surface area contributed by atoms with Gasteiger partial charge in [-0.15, -0.1) is 13.2 Å². The molecule has 0 amide bonds. The molecular formula is C7H3ClF3N3O. The van der Waals surface area contributed by atoms with E-state index in [1.54, 1.807) is 6.07 Å². The number of anilines is 1. The average molecular weight is 238 g/mol. The lowest BCUT2D eigenvalue weighted by molar-refractivity contribution is -0.274. The molecule has 0 spiro atoms. The summed E-state index contributed by atoms with van der Waals surface area (Å²) in [5, 5.41) is 8.00. The highest BCUT2D eigenvalue weighted by atomic mass is 35.5. The zero-order valence-corrected chi connectivity index (χ0v) is 7.73. The van der Waals surface area contributed by atoms with Gasteiger partial charge >= 0.3 is 6.36 Å². The molecule has 0 saturated heterocycles. The van der Waals surface area contributed by atoms with Crippen molar-refractivity contribution in [3.05, 3.63) is 16.8 Å². The predicted molar refractivity (Wildman–Crippen MR) is 45.1 cm³/mol. The first-order valence-electron chi connectivity index (χ1n) is 3.45. The van der Waals surface area contributed by atoms with Gasteiger partial charge in [-0.1, -0.05) is 11.6 Å². The van der Waals surface area contributed by atoms with E-state index < -0.39 is 23.0 Å². The van der Waals surface area contributed by atoms with E-state index in [1.807, 2.05) is 0 Å². The van der Waals surface area contributed by atoms with Gasteiger partial charge in [0.25, 0.3) is 0 Å². The number of nitrogen functional groups attached to an aromatic ring is 1. The summed E-state index contributed by atoms with van der Waals surface area (Å²) in [5.41, 5.74) is 4.95. The molecule has 0 atom stereocenters. The standard InChI is InChI=1S/C7H3ClF3N3O/c8-4-1-3(2-12)14-6(13)5(4)15-7(9,10)11/h1H,(H2,13,14). The SMILES string of the molecule is N#Cc1cc(Cl)c(OC(F)(F)F)c(N)n1. The summed E-state index contributed by atoms with van der Waals surface area (Å²) in [6, 6.07) is 2.52. The van der Waals surface area contributed by atoms with Crippen molar-refractivity contribution < 1.29 is 17.9 Å². The van der Waals surface area contributed by atoms with Crippen LogP contribution in [0.3, 0.4) is 0 Å². The molecule has 0 saturated carbocycles. The van der Waals surface area contributed by atoms with Crippen LogP contribution in [0.5, 0.6) is 5.75 Å². The Kier molecular flexibility index (Phi) is 2.90. The van der Waals surface area contributed by atoms with Gasteiger partial charge in [-0.3, -0.25) is 0 Å². The minimum Gasteiger partial charge on any atom is -0.400 e. The third-order valence-electron chi connectivity index (χ3n) is 1.29. The fraction of sp³-hybridized carbons (Fsp3) is 0.143. The molecule has 2 N–H and O–H groups in total. The highest BCUT2D eigenvalue weighted by molar-refractivity contribution is 6.32. The Morgan fingerprint density at radius 3 is 2.53 bits per heavy atom. The Morgan fingerprint density at radius 2 is 2.13 bits per heavy atom. The zero-order valence-electron chi connectivity index (χ0n) is 6.97. The van der Waals surface area contributed by atoms with Gasteiger partial charge in [-0.05, 0) is 6.07 Å². The van der Waals surface area contributed by atoms with Crippen molar-refractivity contribution >= 4 is 17.4 Å². The lowest BCUT2D eigenvalue weighted by atomic mass is 10.3. The number of halogens is 4. The molecule has 0 aliphatic rings.